The maximum Gasteiger partial charge on any atom is 0.306 e. The molecule has 0 N–H and O–H groups in total. The van der Waals surface area contributed by atoms with E-state index in [9.17, 15) is 14.4 Å². The molecule has 0 fully saturated rings. The monoisotopic (exact) mass is 933 g/mol. The van der Waals surface area contributed by atoms with Crippen LogP contribution in [0.15, 0.2) is 85.1 Å². The molecule has 384 valence electrons. The van der Waals surface area contributed by atoms with Gasteiger partial charge in [-0.15, -0.1) is 0 Å². The minimum Gasteiger partial charge on any atom is -0.462 e. The Kier molecular flexibility index (Phi) is 52.4. The number of hydrogen-bond acceptors (Lipinski definition) is 6. The number of carbonyl (C=O) groups is 3. The van der Waals surface area contributed by atoms with Crippen molar-refractivity contribution in [2.45, 2.75) is 271 Å². The second-order valence-corrected chi connectivity index (χ2v) is 18.6. The normalized spacial score (nSPS) is 12.7. The second kappa shape index (κ2) is 55.2. The van der Waals surface area contributed by atoms with Gasteiger partial charge in [-0.1, -0.05) is 241 Å². The lowest BCUT2D eigenvalue weighted by Gasteiger charge is -2.18. The number of hydrogen-bond donors (Lipinski definition) is 0. The molecular formula is C61H104O6. The highest BCUT2D eigenvalue weighted by molar-refractivity contribution is 5.71. The molecular weight excluding hydrogens is 829 g/mol. The maximum absolute atomic E-state index is 12.8. The Balaban J connectivity index is 4.47. The van der Waals surface area contributed by atoms with Gasteiger partial charge in [0.1, 0.15) is 13.2 Å². The number of carbonyl (C=O) groups excluding carboxylic acids is 3. The predicted octanol–water partition coefficient (Wildman–Crippen LogP) is 18.8. The first-order valence-corrected chi connectivity index (χ1v) is 28.2. The van der Waals surface area contributed by atoms with Crippen LogP contribution in [0, 0.1) is 0 Å². The summed E-state index contributed by atoms with van der Waals surface area (Å²) in [5.74, 6) is -0.953. The summed E-state index contributed by atoms with van der Waals surface area (Å²) in [6.07, 6.45) is 71.4. The van der Waals surface area contributed by atoms with Crippen molar-refractivity contribution in [3.05, 3.63) is 85.1 Å². The minimum absolute atomic E-state index is 0.0995. The van der Waals surface area contributed by atoms with Crippen LogP contribution in [0.3, 0.4) is 0 Å². The lowest BCUT2D eigenvalue weighted by atomic mass is 10.1. The molecule has 0 aromatic carbocycles. The topological polar surface area (TPSA) is 78.9 Å². The highest BCUT2D eigenvalue weighted by Gasteiger charge is 2.19. The van der Waals surface area contributed by atoms with Gasteiger partial charge in [-0.05, 0) is 89.9 Å². The fraction of sp³-hybridized carbons (Fsp3) is 0.721. The van der Waals surface area contributed by atoms with Crippen molar-refractivity contribution in [2.75, 3.05) is 13.2 Å². The Morgan fingerprint density at radius 2 is 0.597 bits per heavy atom. The molecule has 6 heteroatoms. The Bertz CT molecular complexity index is 1300. The van der Waals surface area contributed by atoms with Crippen LogP contribution in [0.4, 0.5) is 0 Å². The maximum atomic E-state index is 12.8. The first kappa shape index (κ1) is 63.6. The highest BCUT2D eigenvalue weighted by Crippen LogP contribution is 2.14. The average molecular weight is 933 g/mol. The Morgan fingerprint density at radius 3 is 0.985 bits per heavy atom. The molecule has 0 heterocycles. The first-order chi connectivity index (χ1) is 33.0. The van der Waals surface area contributed by atoms with Gasteiger partial charge in [-0.3, -0.25) is 14.4 Å². The molecule has 0 rings (SSSR count). The van der Waals surface area contributed by atoms with Crippen LogP contribution in [0.1, 0.15) is 265 Å². The number of ether oxygens (including phenoxy) is 3. The van der Waals surface area contributed by atoms with Crippen LogP contribution >= 0.6 is 0 Å². The van der Waals surface area contributed by atoms with Gasteiger partial charge in [-0.25, -0.2) is 0 Å². The molecule has 0 spiro atoms. The van der Waals surface area contributed by atoms with Crippen LogP contribution in [-0.4, -0.2) is 37.2 Å². The van der Waals surface area contributed by atoms with Gasteiger partial charge in [0.15, 0.2) is 6.10 Å². The number of unbranched alkanes of at least 4 members (excludes halogenated alkanes) is 29. The zero-order valence-corrected chi connectivity index (χ0v) is 43.9. The molecule has 0 amide bonds. The van der Waals surface area contributed by atoms with Gasteiger partial charge in [0, 0.05) is 19.3 Å². The SMILES string of the molecule is CC\C=C/C=C\C=C/C=C\CCCCCCCC(=O)OCC(COC(=O)CCCCCCC/C=C\CCCCCCCCCCC)OC(=O)CCCCC/C=C\C=C/CCCCCCCCC. The van der Waals surface area contributed by atoms with Gasteiger partial charge in [0.25, 0.3) is 0 Å². The van der Waals surface area contributed by atoms with E-state index in [1.165, 1.54) is 122 Å². The molecule has 0 bridgehead atoms. The van der Waals surface area contributed by atoms with E-state index >= 15 is 0 Å². The molecule has 0 aromatic rings. The van der Waals surface area contributed by atoms with Crippen LogP contribution in [0.2, 0.25) is 0 Å². The molecule has 0 aliphatic rings. The summed E-state index contributed by atoms with van der Waals surface area (Å²) in [4.78, 5) is 38.1. The summed E-state index contributed by atoms with van der Waals surface area (Å²) in [7, 11) is 0. The van der Waals surface area contributed by atoms with Crippen molar-refractivity contribution < 1.29 is 28.6 Å². The summed E-state index contributed by atoms with van der Waals surface area (Å²) in [6, 6.07) is 0. The number of allylic oxidation sites excluding steroid dienone is 14. The third kappa shape index (κ3) is 53.4. The molecule has 0 aliphatic heterocycles. The molecule has 1 atom stereocenters. The zero-order valence-electron chi connectivity index (χ0n) is 43.9. The van der Waals surface area contributed by atoms with Gasteiger partial charge >= 0.3 is 17.9 Å². The van der Waals surface area contributed by atoms with E-state index in [-0.39, 0.29) is 37.5 Å². The van der Waals surface area contributed by atoms with Crippen molar-refractivity contribution in [3.8, 4) is 0 Å². The largest absolute Gasteiger partial charge is 0.462 e. The standard InChI is InChI=1S/C61H104O6/c1-4-7-10-13-16-19-22-25-28-30-31-34-36-39-42-45-48-51-54-60(63)66-57-58(56-65-59(62)53-50-47-44-41-38-35-32-27-24-21-18-15-12-9-6-3)67-61(64)55-52-49-46-43-40-37-33-29-26-23-20-17-14-11-8-5-2/h9,12,15,18,21,24,27,29,31-34,37,40,58H,4-8,10-11,13-14,16-17,19-20,22-23,25-26,28,30,35-36,38-39,41-57H2,1-3H3/b12-9-,18-15-,24-21-,32-27-,33-29-,34-31-,40-37-. The molecule has 0 aliphatic carbocycles. The Labute approximate surface area is 414 Å². The van der Waals surface area contributed by atoms with E-state index < -0.39 is 6.10 Å². The van der Waals surface area contributed by atoms with Crippen LogP contribution < -0.4 is 0 Å². The first-order valence-electron chi connectivity index (χ1n) is 28.2. The lowest BCUT2D eigenvalue weighted by Crippen LogP contribution is -2.30. The smallest absolute Gasteiger partial charge is 0.306 e. The van der Waals surface area contributed by atoms with Gasteiger partial charge in [-0.2, -0.15) is 0 Å². The molecule has 0 radical (unpaired) electrons. The van der Waals surface area contributed by atoms with Crippen LogP contribution in [0.25, 0.3) is 0 Å². The third-order valence-corrected chi connectivity index (χ3v) is 12.0. The van der Waals surface area contributed by atoms with Crippen molar-refractivity contribution in [2.24, 2.45) is 0 Å². The zero-order chi connectivity index (χ0) is 48.6. The van der Waals surface area contributed by atoms with E-state index in [4.69, 9.17) is 14.2 Å². The van der Waals surface area contributed by atoms with E-state index in [0.29, 0.717) is 12.8 Å². The molecule has 6 nitrogen and oxygen atoms in total. The predicted molar refractivity (Wildman–Crippen MR) is 288 cm³/mol. The van der Waals surface area contributed by atoms with Crippen LogP contribution in [0.5, 0.6) is 0 Å². The third-order valence-electron chi connectivity index (χ3n) is 12.0. The lowest BCUT2D eigenvalue weighted by molar-refractivity contribution is -0.167. The van der Waals surface area contributed by atoms with Gasteiger partial charge in [0.2, 0.25) is 0 Å². The molecule has 1 unspecified atom stereocenters. The summed E-state index contributed by atoms with van der Waals surface area (Å²) in [5.41, 5.74) is 0. The van der Waals surface area contributed by atoms with Crippen LogP contribution in [-0.2, 0) is 28.6 Å². The average Bonchev–Trinajstić information content (AvgIpc) is 3.33. The van der Waals surface area contributed by atoms with Crippen molar-refractivity contribution in [1.82, 2.24) is 0 Å². The van der Waals surface area contributed by atoms with Gasteiger partial charge < -0.3 is 14.2 Å². The second-order valence-electron chi connectivity index (χ2n) is 18.6. The fourth-order valence-electron chi connectivity index (χ4n) is 7.73. The quantitative estimate of drug-likeness (QED) is 0.0199. The van der Waals surface area contributed by atoms with E-state index in [1.807, 2.05) is 18.2 Å². The Morgan fingerprint density at radius 1 is 0.313 bits per heavy atom. The minimum atomic E-state index is -0.804. The summed E-state index contributed by atoms with van der Waals surface area (Å²) >= 11 is 0. The molecule has 0 aromatic heterocycles. The van der Waals surface area contributed by atoms with Gasteiger partial charge in [0.05, 0.1) is 0 Å². The molecule has 67 heavy (non-hydrogen) atoms. The number of rotatable bonds is 50. The summed E-state index contributed by atoms with van der Waals surface area (Å²) in [5, 5.41) is 0. The summed E-state index contributed by atoms with van der Waals surface area (Å²) in [6.45, 7) is 6.46. The molecule has 0 saturated heterocycles. The Hall–Kier alpha value is -3.41. The number of esters is 3. The van der Waals surface area contributed by atoms with E-state index in [0.717, 1.165) is 103 Å². The van der Waals surface area contributed by atoms with Crippen molar-refractivity contribution in [1.29, 1.82) is 0 Å². The van der Waals surface area contributed by atoms with E-state index in [1.54, 1.807) is 0 Å². The summed E-state index contributed by atoms with van der Waals surface area (Å²) < 4.78 is 16.8. The highest BCUT2D eigenvalue weighted by atomic mass is 16.6. The molecule has 0 saturated carbocycles. The van der Waals surface area contributed by atoms with Crippen molar-refractivity contribution in [3.63, 3.8) is 0 Å². The van der Waals surface area contributed by atoms with E-state index in [2.05, 4.69) is 87.6 Å². The van der Waals surface area contributed by atoms with Crippen molar-refractivity contribution >= 4 is 17.9 Å². The fourth-order valence-corrected chi connectivity index (χ4v) is 7.73.